The predicted octanol–water partition coefficient (Wildman–Crippen LogP) is 1.86. The first kappa shape index (κ1) is 17.0. The van der Waals surface area contributed by atoms with E-state index in [0.717, 1.165) is 23.4 Å². The van der Waals surface area contributed by atoms with Crippen LogP contribution < -0.4 is 10.1 Å². The van der Waals surface area contributed by atoms with E-state index in [1.54, 1.807) is 18.2 Å². The fourth-order valence-corrected chi connectivity index (χ4v) is 2.75. The van der Waals surface area contributed by atoms with Crippen LogP contribution in [-0.2, 0) is 4.79 Å². The van der Waals surface area contributed by atoms with Crippen LogP contribution in [0.15, 0.2) is 48.5 Å². The molecular formula is C19H20N2O4. The van der Waals surface area contributed by atoms with Gasteiger partial charge >= 0.3 is 5.97 Å². The lowest BCUT2D eigenvalue weighted by Gasteiger charge is -2.26. The Morgan fingerprint density at radius 1 is 1.16 bits per heavy atom. The van der Waals surface area contributed by atoms with Crippen molar-refractivity contribution in [2.75, 3.05) is 32.8 Å². The number of aromatic carboxylic acids is 1. The van der Waals surface area contributed by atoms with Crippen molar-refractivity contribution in [3.05, 3.63) is 54.1 Å². The molecule has 0 spiro atoms. The van der Waals surface area contributed by atoms with E-state index in [9.17, 15) is 9.59 Å². The van der Waals surface area contributed by atoms with Gasteiger partial charge < -0.3 is 15.2 Å². The second kappa shape index (κ2) is 7.81. The Balaban J connectivity index is 1.56. The number of hydrogen-bond acceptors (Lipinski definition) is 4. The highest BCUT2D eigenvalue weighted by Crippen LogP contribution is 2.23. The van der Waals surface area contributed by atoms with Crippen LogP contribution >= 0.6 is 0 Å². The van der Waals surface area contributed by atoms with Gasteiger partial charge in [0.1, 0.15) is 12.4 Å². The number of ether oxygens (including phenoxy) is 1. The Morgan fingerprint density at radius 2 is 1.96 bits per heavy atom. The maximum absolute atomic E-state index is 11.3. The molecule has 0 unspecified atom stereocenters. The smallest absolute Gasteiger partial charge is 0.335 e. The van der Waals surface area contributed by atoms with Crippen molar-refractivity contribution in [3.8, 4) is 16.9 Å². The first-order valence-corrected chi connectivity index (χ1v) is 8.17. The molecule has 3 rings (SSSR count). The van der Waals surface area contributed by atoms with Crippen LogP contribution in [0, 0.1) is 0 Å². The number of hydrogen-bond donors (Lipinski definition) is 2. The van der Waals surface area contributed by atoms with Crippen LogP contribution in [0.1, 0.15) is 10.4 Å². The summed E-state index contributed by atoms with van der Waals surface area (Å²) in [5, 5.41) is 11.9. The molecule has 0 aliphatic carbocycles. The van der Waals surface area contributed by atoms with Crippen molar-refractivity contribution < 1.29 is 19.4 Å². The van der Waals surface area contributed by atoms with E-state index in [0.29, 0.717) is 26.2 Å². The number of nitrogens with zero attached hydrogens (tertiary/aromatic N) is 1. The number of nitrogens with one attached hydrogen (secondary N) is 1. The van der Waals surface area contributed by atoms with Crippen molar-refractivity contribution in [3.63, 3.8) is 0 Å². The van der Waals surface area contributed by atoms with Gasteiger partial charge in [0.15, 0.2) is 0 Å². The minimum Gasteiger partial charge on any atom is -0.492 e. The first-order chi connectivity index (χ1) is 12.1. The van der Waals surface area contributed by atoms with Crippen LogP contribution in [-0.4, -0.2) is 54.7 Å². The van der Waals surface area contributed by atoms with E-state index < -0.39 is 5.97 Å². The normalized spacial score (nSPS) is 14.8. The minimum atomic E-state index is -0.937. The molecule has 1 saturated heterocycles. The minimum absolute atomic E-state index is 0.0548. The second-order valence-corrected chi connectivity index (χ2v) is 5.88. The summed E-state index contributed by atoms with van der Waals surface area (Å²) in [4.78, 5) is 24.4. The van der Waals surface area contributed by atoms with E-state index in [1.165, 1.54) is 0 Å². The largest absolute Gasteiger partial charge is 0.492 e. The summed E-state index contributed by atoms with van der Waals surface area (Å²) < 4.78 is 5.73. The molecule has 6 heteroatoms. The SMILES string of the molecule is O=C1CN(CCOc2ccc(-c3cccc(C(=O)O)c3)cc2)CCN1. The Kier molecular flexibility index (Phi) is 5.30. The van der Waals surface area contributed by atoms with E-state index >= 15 is 0 Å². The van der Waals surface area contributed by atoms with Gasteiger partial charge in [-0.05, 0) is 35.4 Å². The molecule has 1 amide bonds. The van der Waals surface area contributed by atoms with Crippen LogP contribution in [0.3, 0.4) is 0 Å². The van der Waals surface area contributed by atoms with Gasteiger partial charge in [-0.2, -0.15) is 0 Å². The molecule has 6 nitrogen and oxygen atoms in total. The van der Waals surface area contributed by atoms with Gasteiger partial charge in [-0.25, -0.2) is 4.79 Å². The molecule has 2 aromatic carbocycles. The maximum atomic E-state index is 11.3. The first-order valence-electron chi connectivity index (χ1n) is 8.17. The number of carbonyl (C=O) groups is 2. The number of amides is 1. The average Bonchev–Trinajstić information content (AvgIpc) is 2.62. The van der Waals surface area contributed by atoms with E-state index in [2.05, 4.69) is 10.2 Å². The van der Waals surface area contributed by atoms with Crippen molar-refractivity contribution in [2.45, 2.75) is 0 Å². The van der Waals surface area contributed by atoms with Crippen LogP contribution in [0.25, 0.3) is 11.1 Å². The Bertz CT molecular complexity index is 758. The topological polar surface area (TPSA) is 78.9 Å². The Hall–Kier alpha value is -2.86. The van der Waals surface area contributed by atoms with Gasteiger partial charge in [-0.1, -0.05) is 24.3 Å². The van der Waals surface area contributed by atoms with Gasteiger partial charge in [0.2, 0.25) is 5.91 Å². The second-order valence-electron chi connectivity index (χ2n) is 5.88. The number of rotatable bonds is 6. The van der Waals surface area contributed by atoms with Crippen molar-refractivity contribution in [1.82, 2.24) is 10.2 Å². The predicted molar refractivity (Wildman–Crippen MR) is 93.8 cm³/mol. The summed E-state index contributed by atoms with van der Waals surface area (Å²) in [7, 11) is 0. The quantitative estimate of drug-likeness (QED) is 0.839. The fourth-order valence-electron chi connectivity index (χ4n) is 2.75. The van der Waals surface area contributed by atoms with Crippen molar-refractivity contribution in [2.24, 2.45) is 0 Å². The van der Waals surface area contributed by atoms with Crippen molar-refractivity contribution >= 4 is 11.9 Å². The molecular weight excluding hydrogens is 320 g/mol. The molecule has 25 heavy (non-hydrogen) atoms. The van der Waals surface area contributed by atoms with Gasteiger partial charge in [-0.15, -0.1) is 0 Å². The lowest BCUT2D eigenvalue weighted by atomic mass is 10.0. The zero-order valence-corrected chi connectivity index (χ0v) is 13.8. The van der Waals surface area contributed by atoms with Gasteiger partial charge in [0.05, 0.1) is 12.1 Å². The summed E-state index contributed by atoms with van der Waals surface area (Å²) >= 11 is 0. The zero-order valence-electron chi connectivity index (χ0n) is 13.8. The Labute approximate surface area is 146 Å². The molecule has 2 N–H and O–H groups in total. The highest BCUT2D eigenvalue weighted by molar-refractivity contribution is 5.89. The molecule has 0 saturated carbocycles. The molecule has 1 aliphatic rings. The molecule has 1 heterocycles. The molecule has 130 valence electrons. The summed E-state index contributed by atoms with van der Waals surface area (Å²) in [5.41, 5.74) is 2.05. The van der Waals surface area contributed by atoms with Crippen LogP contribution in [0.4, 0.5) is 0 Å². The van der Waals surface area contributed by atoms with Gasteiger partial charge in [0.25, 0.3) is 0 Å². The van der Waals surface area contributed by atoms with E-state index in [4.69, 9.17) is 9.84 Å². The summed E-state index contributed by atoms with van der Waals surface area (Å²) in [6.07, 6.45) is 0. The van der Waals surface area contributed by atoms with E-state index in [-0.39, 0.29) is 11.5 Å². The zero-order chi connectivity index (χ0) is 17.6. The van der Waals surface area contributed by atoms with E-state index in [1.807, 2.05) is 30.3 Å². The van der Waals surface area contributed by atoms with Gasteiger partial charge in [0, 0.05) is 19.6 Å². The maximum Gasteiger partial charge on any atom is 0.335 e. The molecule has 1 aliphatic heterocycles. The lowest BCUT2D eigenvalue weighted by molar-refractivity contribution is -0.124. The molecule has 0 atom stereocenters. The highest BCUT2D eigenvalue weighted by Gasteiger charge is 2.15. The average molecular weight is 340 g/mol. The number of carboxylic acids is 1. The van der Waals surface area contributed by atoms with Crippen LogP contribution in [0.2, 0.25) is 0 Å². The fraction of sp³-hybridized carbons (Fsp3) is 0.263. The molecule has 2 aromatic rings. The molecule has 1 fully saturated rings. The summed E-state index contributed by atoms with van der Waals surface area (Å²) in [6.45, 7) is 3.16. The monoisotopic (exact) mass is 340 g/mol. The number of carbonyl (C=O) groups excluding carboxylic acids is 1. The standard InChI is InChI=1S/C19H20N2O4/c22-18-13-21(9-8-20-18)10-11-25-17-6-4-14(5-7-17)15-2-1-3-16(12-15)19(23)24/h1-7,12H,8-11,13H2,(H,20,22)(H,23,24). The van der Waals surface area contributed by atoms with Gasteiger partial charge in [-0.3, -0.25) is 9.69 Å². The molecule has 0 bridgehead atoms. The third-order valence-corrected chi connectivity index (χ3v) is 4.09. The third-order valence-electron chi connectivity index (χ3n) is 4.09. The number of benzene rings is 2. The number of piperazine rings is 1. The Morgan fingerprint density at radius 3 is 2.68 bits per heavy atom. The summed E-state index contributed by atoms with van der Waals surface area (Å²) in [5.74, 6) is -0.132. The van der Waals surface area contributed by atoms with Crippen molar-refractivity contribution in [1.29, 1.82) is 0 Å². The molecule has 0 radical (unpaired) electrons. The van der Waals surface area contributed by atoms with Crippen LogP contribution in [0.5, 0.6) is 5.75 Å². The third kappa shape index (κ3) is 4.58. The highest BCUT2D eigenvalue weighted by atomic mass is 16.5. The summed E-state index contributed by atoms with van der Waals surface area (Å²) in [6, 6.07) is 14.4. The molecule has 0 aromatic heterocycles. The number of carboxylic acid groups (broad SMARTS) is 1. The lowest BCUT2D eigenvalue weighted by Crippen LogP contribution is -2.48.